The van der Waals surface area contributed by atoms with Crippen LogP contribution in [0.5, 0.6) is 0 Å². The van der Waals surface area contributed by atoms with E-state index in [0.29, 0.717) is 60.1 Å². The first kappa shape index (κ1) is 25.7. The van der Waals surface area contributed by atoms with E-state index in [-0.39, 0.29) is 18.5 Å². The number of hydrogen-bond donors (Lipinski definition) is 1. The Hall–Kier alpha value is -3.43. The number of likely N-dealkylation sites (N-methyl/N-ethyl adjacent to an activating group) is 1. The van der Waals surface area contributed by atoms with Gasteiger partial charge in [0.15, 0.2) is 0 Å². The maximum atomic E-state index is 13.6. The number of carbonyl (C=O) groups is 3. The number of esters is 1. The minimum atomic E-state index is -0.757. The number of hydrogen-bond acceptors (Lipinski definition) is 5. The van der Waals surface area contributed by atoms with Crippen molar-refractivity contribution >= 4 is 29.5 Å². The minimum Gasteiger partial charge on any atom is -0.463 e. The number of halogens is 2. The highest BCUT2D eigenvalue weighted by Crippen LogP contribution is 2.34. The number of rotatable bonds is 6. The predicted molar refractivity (Wildman–Crippen MR) is 133 cm³/mol. The molecule has 0 aliphatic carbocycles. The topological polar surface area (TPSA) is 82.2 Å². The van der Waals surface area contributed by atoms with Crippen LogP contribution in [-0.2, 0) is 9.53 Å². The highest BCUT2D eigenvalue weighted by Gasteiger charge is 2.38. The van der Waals surface area contributed by atoms with Crippen molar-refractivity contribution in [2.45, 2.75) is 13.0 Å². The summed E-state index contributed by atoms with van der Waals surface area (Å²) in [5.41, 5.74) is 1.76. The zero-order valence-corrected chi connectivity index (χ0v) is 20.9. The Morgan fingerprint density at radius 2 is 1.83 bits per heavy atom. The van der Waals surface area contributed by atoms with Crippen LogP contribution in [-0.4, -0.2) is 79.0 Å². The third-order valence-corrected chi connectivity index (χ3v) is 6.74. The SMILES string of the molecule is CCOC(=O)C1=C(CN2CCN(C(=O)c3cccc(F)c3)CC2)N(C)C(=O)N[C@H]1c1ccccc1Cl. The van der Waals surface area contributed by atoms with Gasteiger partial charge in [0.05, 0.1) is 18.2 Å². The largest absolute Gasteiger partial charge is 0.463 e. The first-order valence-corrected chi connectivity index (χ1v) is 12.1. The van der Waals surface area contributed by atoms with Gasteiger partial charge in [0, 0.05) is 56.1 Å². The van der Waals surface area contributed by atoms with Crippen molar-refractivity contribution in [1.29, 1.82) is 0 Å². The molecule has 0 aromatic heterocycles. The van der Waals surface area contributed by atoms with Crippen LogP contribution in [0.1, 0.15) is 28.9 Å². The molecule has 1 atom stereocenters. The molecule has 0 spiro atoms. The maximum Gasteiger partial charge on any atom is 0.338 e. The molecule has 2 aliphatic heterocycles. The molecule has 10 heteroatoms. The zero-order valence-electron chi connectivity index (χ0n) is 20.2. The summed E-state index contributed by atoms with van der Waals surface area (Å²) >= 11 is 6.42. The standard InChI is InChI=1S/C26H28ClFN4O4/c1-3-36-25(34)22-21(30(2)26(35)29-23(22)19-9-4-5-10-20(19)27)16-31-11-13-32(14-12-31)24(33)17-7-6-8-18(28)15-17/h4-10,15,23H,3,11-14,16H2,1-2H3,(H,29,35)/t23-/m0/s1. The van der Waals surface area contributed by atoms with Gasteiger partial charge in [0.2, 0.25) is 0 Å². The molecular formula is C26H28ClFN4O4. The van der Waals surface area contributed by atoms with E-state index in [1.165, 1.54) is 23.1 Å². The Kier molecular flexibility index (Phi) is 7.91. The van der Waals surface area contributed by atoms with Gasteiger partial charge >= 0.3 is 12.0 Å². The molecule has 0 saturated carbocycles. The van der Waals surface area contributed by atoms with E-state index < -0.39 is 17.8 Å². The van der Waals surface area contributed by atoms with E-state index in [1.807, 2.05) is 0 Å². The van der Waals surface area contributed by atoms with Crippen molar-refractivity contribution in [3.05, 3.63) is 81.8 Å². The molecule has 2 aliphatic rings. The summed E-state index contributed by atoms with van der Waals surface area (Å²) in [7, 11) is 1.61. The number of carbonyl (C=O) groups excluding carboxylic acids is 3. The fourth-order valence-corrected chi connectivity index (χ4v) is 4.71. The van der Waals surface area contributed by atoms with Crippen molar-refractivity contribution < 1.29 is 23.5 Å². The molecule has 3 amide bonds. The fraction of sp³-hybridized carbons (Fsp3) is 0.346. The van der Waals surface area contributed by atoms with Crippen molar-refractivity contribution in [2.75, 3.05) is 46.4 Å². The highest BCUT2D eigenvalue weighted by atomic mass is 35.5. The van der Waals surface area contributed by atoms with Crippen molar-refractivity contribution in [2.24, 2.45) is 0 Å². The third kappa shape index (κ3) is 5.37. The van der Waals surface area contributed by atoms with Gasteiger partial charge in [-0.05, 0) is 36.8 Å². The summed E-state index contributed by atoms with van der Waals surface area (Å²) < 4.78 is 18.9. The van der Waals surface area contributed by atoms with Crippen LogP contribution in [0.3, 0.4) is 0 Å². The lowest BCUT2D eigenvalue weighted by Crippen LogP contribution is -2.53. The van der Waals surface area contributed by atoms with E-state index in [2.05, 4.69) is 10.2 Å². The van der Waals surface area contributed by atoms with E-state index >= 15 is 0 Å². The van der Waals surface area contributed by atoms with E-state index in [9.17, 15) is 18.8 Å². The number of benzene rings is 2. The molecule has 1 fully saturated rings. The van der Waals surface area contributed by atoms with Gasteiger partial charge in [-0.2, -0.15) is 0 Å². The first-order chi connectivity index (χ1) is 17.3. The lowest BCUT2D eigenvalue weighted by atomic mass is 9.94. The van der Waals surface area contributed by atoms with Crippen molar-refractivity contribution in [3.8, 4) is 0 Å². The molecule has 0 radical (unpaired) electrons. The fourth-order valence-electron chi connectivity index (χ4n) is 4.47. The average molecular weight is 515 g/mol. The Bertz CT molecular complexity index is 1200. The van der Waals surface area contributed by atoms with Gasteiger partial charge in [0.25, 0.3) is 5.91 Å². The molecule has 4 rings (SSSR count). The quantitative estimate of drug-likeness (QED) is 0.597. The first-order valence-electron chi connectivity index (χ1n) is 11.8. The molecule has 2 aromatic rings. The summed E-state index contributed by atoms with van der Waals surface area (Å²) in [6.45, 7) is 4.12. The average Bonchev–Trinajstić information content (AvgIpc) is 2.87. The second-order valence-corrected chi connectivity index (χ2v) is 9.03. The maximum absolute atomic E-state index is 13.6. The number of ether oxygens (including phenoxy) is 1. The summed E-state index contributed by atoms with van der Waals surface area (Å²) in [6, 6.07) is 11.6. The Morgan fingerprint density at radius 3 is 2.50 bits per heavy atom. The summed E-state index contributed by atoms with van der Waals surface area (Å²) in [5, 5.41) is 3.30. The molecule has 0 unspecified atom stereocenters. The molecule has 36 heavy (non-hydrogen) atoms. The number of urea groups is 1. The van der Waals surface area contributed by atoms with Crippen molar-refractivity contribution in [1.82, 2.24) is 20.0 Å². The predicted octanol–water partition coefficient (Wildman–Crippen LogP) is 3.45. The van der Waals surface area contributed by atoms with Gasteiger partial charge in [0.1, 0.15) is 5.82 Å². The third-order valence-electron chi connectivity index (χ3n) is 6.39. The van der Waals surface area contributed by atoms with Crippen LogP contribution in [0, 0.1) is 5.82 Å². The smallest absolute Gasteiger partial charge is 0.338 e. The second-order valence-electron chi connectivity index (χ2n) is 8.62. The zero-order chi connectivity index (χ0) is 25.8. The summed E-state index contributed by atoms with van der Waals surface area (Å²) in [6.07, 6.45) is 0. The summed E-state index contributed by atoms with van der Waals surface area (Å²) in [5.74, 6) is -1.21. The molecule has 2 aromatic carbocycles. The van der Waals surface area contributed by atoms with Gasteiger partial charge < -0.3 is 15.0 Å². The van der Waals surface area contributed by atoms with Crippen LogP contribution in [0.2, 0.25) is 5.02 Å². The molecular weight excluding hydrogens is 487 g/mol. The molecule has 1 N–H and O–H groups in total. The molecule has 2 heterocycles. The highest BCUT2D eigenvalue weighted by molar-refractivity contribution is 6.31. The number of amides is 3. The second kappa shape index (κ2) is 11.1. The van der Waals surface area contributed by atoms with Crippen LogP contribution in [0.25, 0.3) is 0 Å². The number of piperazine rings is 1. The minimum absolute atomic E-state index is 0.184. The van der Waals surface area contributed by atoms with E-state index in [4.69, 9.17) is 16.3 Å². The Morgan fingerprint density at radius 1 is 1.11 bits per heavy atom. The Balaban J connectivity index is 1.57. The molecule has 190 valence electrons. The van der Waals surface area contributed by atoms with Gasteiger partial charge in [-0.15, -0.1) is 0 Å². The van der Waals surface area contributed by atoms with E-state index in [1.54, 1.807) is 49.2 Å². The number of nitrogens with zero attached hydrogens (tertiary/aromatic N) is 3. The summed E-state index contributed by atoms with van der Waals surface area (Å²) in [4.78, 5) is 44.0. The normalized spacial score (nSPS) is 18.8. The molecule has 1 saturated heterocycles. The van der Waals surface area contributed by atoms with Gasteiger partial charge in [-0.1, -0.05) is 35.9 Å². The molecule has 0 bridgehead atoms. The van der Waals surface area contributed by atoms with Crippen LogP contribution < -0.4 is 5.32 Å². The number of nitrogens with one attached hydrogen (secondary N) is 1. The lowest BCUT2D eigenvalue weighted by Gasteiger charge is -2.39. The van der Waals surface area contributed by atoms with Crippen molar-refractivity contribution in [3.63, 3.8) is 0 Å². The van der Waals surface area contributed by atoms with E-state index in [0.717, 1.165) is 0 Å². The van der Waals surface area contributed by atoms with Gasteiger partial charge in [-0.25, -0.2) is 14.0 Å². The van der Waals surface area contributed by atoms with Crippen LogP contribution >= 0.6 is 11.6 Å². The van der Waals surface area contributed by atoms with Crippen LogP contribution in [0.4, 0.5) is 9.18 Å². The van der Waals surface area contributed by atoms with Crippen LogP contribution in [0.15, 0.2) is 59.8 Å². The lowest BCUT2D eigenvalue weighted by molar-refractivity contribution is -0.139. The van der Waals surface area contributed by atoms with Gasteiger partial charge in [-0.3, -0.25) is 14.6 Å². The Labute approximate surface area is 214 Å². The monoisotopic (exact) mass is 514 g/mol. The molecule has 8 nitrogen and oxygen atoms in total.